The molecule has 2 rings (SSSR count). The minimum atomic E-state index is -0.778. The highest BCUT2D eigenvalue weighted by molar-refractivity contribution is 5.70. The first-order chi connectivity index (χ1) is 7.65. The molecule has 2 atom stereocenters. The number of carboxylic acids is 1. The first-order valence-corrected chi connectivity index (χ1v) is 5.71. The summed E-state index contributed by atoms with van der Waals surface area (Å²) in [6, 6.07) is 8.21. The highest BCUT2D eigenvalue weighted by atomic mass is 16.4. The summed E-state index contributed by atoms with van der Waals surface area (Å²) in [6.45, 7) is 0. The minimum absolute atomic E-state index is 0.104. The van der Waals surface area contributed by atoms with Gasteiger partial charge in [-0.25, -0.2) is 0 Å². The molecular formula is C13H17NO2. The van der Waals surface area contributed by atoms with E-state index in [2.05, 4.69) is 6.07 Å². The number of aliphatic carboxylic acids is 1. The maximum atomic E-state index is 10.6. The lowest BCUT2D eigenvalue weighted by Gasteiger charge is -2.11. The van der Waals surface area contributed by atoms with Crippen molar-refractivity contribution in [1.82, 2.24) is 0 Å². The van der Waals surface area contributed by atoms with Crippen LogP contribution in [0.5, 0.6) is 0 Å². The Morgan fingerprint density at radius 2 is 2.25 bits per heavy atom. The molecule has 0 radical (unpaired) electrons. The van der Waals surface area contributed by atoms with Crippen LogP contribution >= 0.6 is 0 Å². The van der Waals surface area contributed by atoms with Crippen LogP contribution in [-0.4, -0.2) is 17.1 Å². The molecule has 1 aromatic carbocycles. The molecule has 0 aromatic heterocycles. The van der Waals surface area contributed by atoms with Crippen LogP contribution in [0.2, 0.25) is 0 Å². The number of rotatable bonds is 3. The number of hydrogen-bond acceptors (Lipinski definition) is 2. The molecule has 0 aliphatic heterocycles. The smallest absolute Gasteiger partial charge is 0.307 e. The summed E-state index contributed by atoms with van der Waals surface area (Å²) in [5.41, 5.74) is 8.01. The Hall–Kier alpha value is -1.35. The lowest BCUT2D eigenvalue weighted by atomic mass is 9.95. The van der Waals surface area contributed by atoms with Crippen molar-refractivity contribution in [1.29, 1.82) is 0 Å². The lowest BCUT2D eigenvalue weighted by molar-refractivity contribution is -0.136. The fourth-order valence-corrected chi connectivity index (χ4v) is 2.45. The average Bonchev–Trinajstić information content (AvgIpc) is 2.64. The molecule has 1 fully saturated rings. The zero-order chi connectivity index (χ0) is 11.5. The molecule has 0 saturated heterocycles. The molecular weight excluding hydrogens is 202 g/mol. The first kappa shape index (κ1) is 11.1. The third kappa shape index (κ3) is 2.61. The molecule has 1 aliphatic rings. The molecule has 0 bridgehead atoms. The zero-order valence-corrected chi connectivity index (χ0v) is 9.23. The fourth-order valence-electron chi connectivity index (χ4n) is 2.45. The maximum absolute atomic E-state index is 10.6. The first-order valence-electron chi connectivity index (χ1n) is 5.71. The zero-order valence-electron chi connectivity index (χ0n) is 9.23. The van der Waals surface area contributed by atoms with Crippen molar-refractivity contribution in [3.05, 3.63) is 35.4 Å². The van der Waals surface area contributed by atoms with Gasteiger partial charge in [-0.1, -0.05) is 24.3 Å². The van der Waals surface area contributed by atoms with Gasteiger partial charge in [0, 0.05) is 6.04 Å². The van der Waals surface area contributed by atoms with Crippen molar-refractivity contribution in [3.8, 4) is 0 Å². The Balaban J connectivity index is 2.12. The standard InChI is InChI=1S/C13H17NO2/c14-12-5-4-11(8-12)10-3-1-2-9(6-10)7-13(15)16/h1-3,6,11-12H,4-5,7-8,14H2,(H,15,16). The van der Waals surface area contributed by atoms with Gasteiger partial charge in [-0.05, 0) is 36.3 Å². The third-order valence-corrected chi connectivity index (χ3v) is 3.25. The molecule has 16 heavy (non-hydrogen) atoms. The second kappa shape index (κ2) is 4.66. The predicted octanol–water partition coefficient (Wildman–Crippen LogP) is 1.91. The van der Waals surface area contributed by atoms with Crippen LogP contribution in [0.3, 0.4) is 0 Å². The van der Waals surface area contributed by atoms with Gasteiger partial charge in [-0.15, -0.1) is 0 Å². The molecule has 0 heterocycles. The Morgan fingerprint density at radius 1 is 1.44 bits per heavy atom. The highest BCUT2D eigenvalue weighted by Crippen LogP contribution is 2.33. The van der Waals surface area contributed by atoms with Crippen molar-refractivity contribution >= 4 is 5.97 Å². The van der Waals surface area contributed by atoms with Crippen molar-refractivity contribution < 1.29 is 9.90 Å². The normalized spacial score (nSPS) is 24.6. The van der Waals surface area contributed by atoms with Crippen LogP contribution in [0, 0.1) is 0 Å². The van der Waals surface area contributed by atoms with Gasteiger partial charge >= 0.3 is 5.97 Å². The summed E-state index contributed by atoms with van der Waals surface area (Å²) < 4.78 is 0. The molecule has 2 unspecified atom stereocenters. The summed E-state index contributed by atoms with van der Waals surface area (Å²) in [7, 11) is 0. The van der Waals surface area contributed by atoms with Crippen LogP contribution in [0.15, 0.2) is 24.3 Å². The van der Waals surface area contributed by atoms with E-state index in [0.29, 0.717) is 12.0 Å². The third-order valence-electron chi connectivity index (χ3n) is 3.25. The predicted molar refractivity (Wildman–Crippen MR) is 62.3 cm³/mol. The van der Waals surface area contributed by atoms with Gasteiger partial charge in [0.15, 0.2) is 0 Å². The van der Waals surface area contributed by atoms with Gasteiger partial charge in [0.1, 0.15) is 0 Å². The van der Waals surface area contributed by atoms with Gasteiger partial charge in [0.05, 0.1) is 6.42 Å². The van der Waals surface area contributed by atoms with E-state index in [-0.39, 0.29) is 6.42 Å². The van der Waals surface area contributed by atoms with Crippen LogP contribution in [0.1, 0.15) is 36.3 Å². The summed E-state index contributed by atoms with van der Waals surface area (Å²) >= 11 is 0. The number of nitrogens with two attached hydrogens (primary N) is 1. The van der Waals surface area contributed by atoms with E-state index in [0.717, 1.165) is 24.8 Å². The quantitative estimate of drug-likeness (QED) is 0.816. The van der Waals surface area contributed by atoms with Crippen LogP contribution < -0.4 is 5.73 Å². The van der Waals surface area contributed by atoms with Gasteiger partial charge in [0.2, 0.25) is 0 Å². The molecule has 3 nitrogen and oxygen atoms in total. The van der Waals surface area contributed by atoms with Crippen molar-refractivity contribution in [2.75, 3.05) is 0 Å². The second-order valence-corrected chi connectivity index (χ2v) is 4.59. The van der Waals surface area contributed by atoms with E-state index in [1.807, 2.05) is 18.2 Å². The number of hydrogen-bond donors (Lipinski definition) is 2. The Bertz CT molecular complexity index is 389. The summed E-state index contributed by atoms with van der Waals surface area (Å²) in [5.74, 6) is -0.260. The van der Waals surface area contributed by atoms with Gasteiger partial charge in [-0.2, -0.15) is 0 Å². The topological polar surface area (TPSA) is 63.3 Å². The molecule has 86 valence electrons. The second-order valence-electron chi connectivity index (χ2n) is 4.59. The molecule has 1 aromatic rings. The maximum Gasteiger partial charge on any atom is 0.307 e. The minimum Gasteiger partial charge on any atom is -0.481 e. The van der Waals surface area contributed by atoms with E-state index >= 15 is 0 Å². The van der Waals surface area contributed by atoms with Crippen molar-refractivity contribution in [2.45, 2.75) is 37.6 Å². The summed E-state index contributed by atoms with van der Waals surface area (Å²) in [4.78, 5) is 10.6. The molecule has 3 N–H and O–H groups in total. The molecule has 1 saturated carbocycles. The molecule has 3 heteroatoms. The summed E-state index contributed by atoms with van der Waals surface area (Å²) in [6.07, 6.45) is 3.33. The molecule has 1 aliphatic carbocycles. The average molecular weight is 219 g/mol. The van der Waals surface area contributed by atoms with E-state index < -0.39 is 5.97 Å². The van der Waals surface area contributed by atoms with Crippen molar-refractivity contribution in [2.24, 2.45) is 5.73 Å². The molecule has 0 spiro atoms. The summed E-state index contributed by atoms with van der Waals surface area (Å²) in [5, 5.41) is 8.75. The van der Waals surface area contributed by atoms with Crippen LogP contribution in [-0.2, 0) is 11.2 Å². The van der Waals surface area contributed by atoms with Gasteiger partial charge in [-0.3, -0.25) is 4.79 Å². The number of benzene rings is 1. The van der Waals surface area contributed by atoms with Crippen LogP contribution in [0.25, 0.3) is 0 Å². The Labute approximate surface area is 95.3 Å². The van der Waals surface area contributed by atoms with E-state index in [1.165, 1.54) is 5.56 Å². The van der Waals surface area contributed by atoms with Crippen LogP contribution in [0.4, 0.5) is 0 Å². The van der Waals surface area contributed by atoms with Crippen molar-refractivity contribution in [3.63, 3.8) is 0 Å². The van der Waals surface area contributed by atoms with Gasteiger partial charge < -0.3 is 10.8 Å². The van der Waals surface area contributed by atoms with E-state index in [1.54, 1.807) is 0 Å². The monoisotopic (exact) mass is 219 g/mol. The number of carbonyl (C=O) groups is 1. The Morgan fingerprint density at radius 3 is 2.88 bits per heavy atom. The molecule has 0 amide bonds. The largest absolute Gasteiger partial charge is 0.481 e. The van der Waals surface area contributed by atoms with E-state index in [4.69, 9.17) is 10.8 Å². The van der Waals surface area contributed by atoms with E-state index in [9.17, 15) is 4.79 Å². The lowest BCUT2D eigenvalue weighted by Crippen LogP contribution is -2.14. The van der Waals surface area contributed by atoms with Gasteiger partial charge in [0.25, 0.3) is 0 Å². The number of carboxylic acid groups (broad SMARTS) is 1. The highest BCUT2D eigenvalue weighted by Gasteiger charge is 2.23. The Kier molecular flexibility index (Phi) is 3.25. The SMILES string of the molecule is NC1CCC(c2cccc(CC(=O)O)c2)C1. The fraction of sp³-hybridized carbons (Fsp3) is 0.462.